The van der Waals surface area contributed by atoms with Crippen LogP contribution in [-0.4, -0.2) is 18.6 Å². The average molecular weight is 273 g/mol. The second-order valence-corrected chi connectivity index (χ2v) is 5.32. The van der Waals surface area contributed by atoms with Crippen molar-refractivity contribution >= 4 is 33.1 Å². The zero-order valence-corrected chi connectivity index (χ0v) is 10.1. The summed E-state index contributed by atoms with van der Waals surface area (Å²) in [6, 6.07) is 5.68. The number of nitrogen functional groups attached to an aromatic ring is 1. The lowest BCUT2D eigenvalue weighted by Gasteiger charge is -2.07. The van der Waals surface area contributed by atoms with E-state index < -0.39 is 10.0 Å². The SMILES string of the molecule is Nc1ccc(S(=O)(=O)Nc2ccn[nH]2)c(Cl)c1. The normalized spacial score (nSPS) is 11.4. The van der Waals surface area contributed by atoms with Crippen molar-refractivity contribution in [1.82, 2.24) is 10.2 Å². The summed E-state index contributed by atoms with van der Waals surface area (Å²) in [6.45, 7) is 0. The Morgan fingerprint density at radius 1 is 1.35 bits per heavy atom. The summed E-state index contributed by atoms with van der Waals surface area (Å²) in [4.78, 5) is -0.0389. The minimum Gasteiger partial charge on any atom is -0.399 e. The van der Waals surface area contributed by atoms with Crippen molar-refractivity contribution in [2.45, 2.75) is 4.90 Å². The van der Waals surface area contributed by atoms with Gasteiger partial charge in [-0.1, -0.05) is 11.6 Å². The van der Waals surface area contributed by atoms with Crippen LogP contribution in [0.25, 0.3) is 0 Å². The number of sulfonamides is 1. The number of hydrogen-bond donors (Lipinski definition) is 3. The van der Waals surface area contributed by atoms with Gasteiger partial charge in [0.05, 0.1) is 11.2 Å². The molecule has 0 aliphatic carbocycles. The largest absolute Gasteiger partial charge is 0.399 e. The second kappa shape index (κ2) is 4.27. The molecule has 0 atom stereocenters. The van der Waals surface area contributed by atoms with Gasteiger partial charge in [0, 0.05) is 11.8 Å². The fourth-order valence-electron chi connectivity index (χ4n) is 1.25. The van der Waals surface area contributed by atoms with E-state index in [4.69, 9.17) is 17.3 Å². The number of aromatic amines is 1. The lowest BCUT2D eigenvalue weighted by atomic mass is 10.3. The highest BCUT2D eigenvalue weighted by Crippen LogP contribution is 2.25. The number of halogens is 1. The summed E-state index contributed by atoms with van der Waals surface area (Å²) in [7, 11) is -3.74. The first kappa shape index (κ1) is 11.7. The molecule has 0 saturated carbocycles. The van der Waals surface area contributed by atoms with Crippen LogP contribution in [-0.2, 0) is 10.0 Å². The van der Waals surface area contributed by atoms with Gasteiger partial charge in [-0.15, -0.1) is 0 Å². The van der Waals surface area contributed by atoms with E-state index >= 15 is 0 Å². The zero-order chi connectivity index (χ0) is 12.5. The molecule has 1 aromatic heterocycles. The molecule has 0 bridgehead atoms. The molecule has 0 unspecified atom stereocenters. The van der Waals surface area contributed by atoms with Gasteiger partial charge in [0.15, 0.2) is 0 Å². The summed E-state index contributed by atoms with van der Waals surface area (Å²) in [5.41, 5.74) is 5.89. The van der Waals surface area contributed by atoms with Crippen LogP contribution in [0.1, 0.15) is 0 Å². The maximum absolute atomic E-state index is 11.9. The van der Waals surface area contributed by atoms with Gasteiger partial charge in [0.1, 0.15) is 10.7 Å². The number of benzene rings is 1. The molecule has 90 valence electrons. The molecule has 0 saturated heterocycles. The van der Waals surface area contributed by atoms with Gasteiger partial charge < -0.3 is 5.73 Å². The van der Waals surface area contributed by atoms with Gasteiger partial charge in [-0.25, -0.2) is 8.42 Å². The third kappa shape index (κ3) is 2.51. The Kier molecular flexibility index (Phi) is 2.95. The van der Waals surface area contributed by atoms with Crippen molar-refractivity contribution < 1.29 is 8.42 Å². The minimum atomic E-state index is -3.74. The minimum absolute atomic E-state index is 0.0389. The monoisotopic (exact) mass is 272 g/mol. The van der Waals surface area contributed by atoms with Crippen LogP contribution < -0.4 is 10.5 Å². The van der Waals surface area contributed by atoms with Gasteiger partial charge in [-0.3, -0.25) is 9.82 Å². The van der Waals surface area contributed by atoms with Gasteiger partial charge >= 0.3 is 0 Å². The Morgan fingerprint density at radius 2 is 2.12 bits per heavy atom. The highest BCUT2D eigenvalue weighted by molar-refractivity contribution is 7.92. The van der Waals surface area contributed by atoms with Crippen LogP contribution in [0, 0.1) is 0 Å². The highest BCUT2D eigenvalue weighted by atomic mass is 35.5. The molecule has 0 aliphatic heterocycles. The predicted molar refractivity (Wildman–Crippen MR) is 65.3 cm³/mol. The maximum atomic E-state index is 11.9. The molecular formula is C9H9ClN4O2S. The number of anilines is 2. The Bertz CT molecular complexity index is 624. The van der Waals surface area contributed by atoms with Crippen LogP contribution in [0.2, 0.25) is 5.02 Å². The van der Waals surface area contributed by atoms with Crippen molar-refractivity contribution in [2.24, 2.45) is 0 Å². The van der Waals surface area contributed by atoms with Gasteiger partial charge in [0.25, 0.3) is 10.0 Å². The Hall–Kier alpha value is -1.73. The maximum Gasteiger partial charge on any atom is 0.264 e. The first-order valence-corrected chi connectivity index (χ1v) is 6.42. The van der Waals surface area contributed by atoms with Crippen molar-refractivity contribution in [3.63, 3.8) is 0 Å². The van der Waals surface area contributed by atoms with E-state index in [0.29, 0.717) is 5.69 Å². The molecule has 0 spiro atoms. The second-order valence-electron chi connectivity index (χ2n) is 3.27. The molecule has 0 fully saturated rings. The Morgan fingerprint density at radius 3 is 2.71 bits per heavy atom. The van der Waals surface area contributed by atoms with Gasteiger partial charge in [-0.2, -0.15) is 5.10 Å². The van der Waals surface area contributed by atoms with Crippen LogP contribution >= 0.6 is 11.6 Å². The Balaban J connectivity index is 2.38. The number of nitrogens with one attached hydrogen (secondary N) is 2. The van der Waals surface area contributed by atoms with E-state index in [0.717, 1.165) is 0 Å². The molecule has 1 heterocycles. The molecule has 0 aliphatic rings. The molecule has 8 heteroatoms. The van der Waals surface area contributed by atoms with E-state index in [1.807, 2.05) is 0 Å². The lowest BCUT2D eigenvalue weighted by Crippen LogP contribution is -2.13. The number of hydrogen-bond acceptors (Lipinski definition) is 4. The first-order valence-electron chi connectivity index (χ1n) is 4.56. The molecule has 6 nitrogen and oxygen atoms in total. The zero-order valence-electron chi connectivity index (χ0n) is 8.51. The Labute approximate surface area is 103 Å². The molecular weight excluding hydrogens is 264 g/mol. The standard InChI is InChI=1S/C9H9ClN4O2S/c10-7-5-6(11)1-2-8(7)17(15,16)14-9-3-4-12-13-9/h1-5H,11H2,(H2,12,13,14). The van der Waals surface area contributed by atoms with Gasteiger partial charge in [0.2, 0.25) is 0 Å². The van der Waals surface area contributed by atoms with Gasteiger partial charge in [-0.05, 0) is 18.2 Å². The third-order valence-electron chi connectivity index (χ3n) is 1.99. The lowest BCUT2D eigenvalue weighted by molar-refractivity contribution is 0.601. The molecule has 4 N–H and O–H groups in total. The van der Waals surface area contributed by atoms with Crippen molar-refractivity contribution in [1.29, 1.82) is 0 Å². The number of rotatable bonds is 3. The van der Waals surface area contributed by atoms with Crippen molar-refractivity contribution in [2.75, 3.05) is 10.5 Å². The van der Waals surface area contributed by atoms with E-state index in [-0.39, 0.29) is 15.7 Å². The smallest absolute Gasteiger partial charge is 0.264 e. The summed E-state index contributed by atoms with van der Waals surface area (Å²) >= 11 is 5.83. The van der Waals surface area contributed by atoms with Crippen molar-refractivity contribution in [3.05, 3.63) is 35.5 Å². The molecule has 2 rings (SSSR count). The van der Waals surface area contributed by atoms with Crippen LogP contribution in [0.5, 0.6) is 0 Å². The fraction of sp³-hybridized carbons (Fsp3) is 0. The summed E-state index contributed by atoms with van der Waals surface area (Å²) in [5.74, 6) is 0.262. The number of nitrogens with zero attached hydrogens (tertiary/aromatic N) is 1. The highest BCUT2D eigenvalue weighted by Gasteiger charge is 2.18. The number of aromatic nitrogens is 2. The molecule has 0 amide bonds. The number of nitrogens with two attached hydrogens (primary N) is 1. The van der Waals surface area contributed by atoms with E-state index in [1.165, 1.54) is 30.5 Å². The van der Waals surface area contributed by atoms with Crippen molar-refractivity contribution in [3.8, 4) is 0 Å². The summed E-state index contributed by atoms with van der Waals surface area (Å²) < 4.78 is 26.2. The van der Waals surface area contributed by atoms with E-state index in [1.54, 1.807) is 0 Å². The quantitative estimate of drug-likeness (QED) is 0.736. The third-order valence-corrected chi connectivity index (χ3v) is 3.84. The molecule has 17 heavy (non-hydrogen) atoms. The van der Waals surface area contributed by atoms with Crippen LogP contribution in [0.3, 0.4) is 0 Å². The molecule has 1 aromatic carbocycles. The topological polar surface area (TPSA) is 101 Å². The summed E-state index contributed by atoms with van der Waals surface area (Å²) in [6.07, 6.45) is 1.43. The van der Waals surface area contributed by atoms with Crippen LogP contribution in [0.15, 0.2) is 35.4 Å². The predicted octanol–water partition coefficient (Wildman–Crippen LogP) is 1.45. The van der Waals surface area contributed by atoms with E-state index in [9.17, 15) is 8.42 Å². The molecule has 0 radical (unpaired) electrons. The fourth-order valence-corrected chi connectivity index (χ4v) is 2.82. The average Bonchev–Trinajstić information content (AvgIpc) is 2.68. The first-order chi connectivity index (χ1) is 7.99. The van der Waals surface area contributed by atoms with Crippen LogP contribution in [0.4, 0.5) is 11.5 Å². The number of H-pyrrole nitrogens is 1. The summed E-state index contributed by atoms with van der Waals surface area (Å²) in [5, 5.41) is 6.18. The van der Waals surface area contributed by atoms with E-state index in [2.05, 4.69) is 14.9 Å². The molecule has 2 aromatic rings.